The molecule has 5 nitrogen and oxygen atoms in total. The zero-order chi connectivity index (χ0) is 9.97. The summed E-state index contributed by atoms with van der Waals surface area (Å²) in [5.74, 6) is -0.170. The van der Waals surface area contributed by atoms with Crippen molar-refractivity contribution in [3.05, 3.63) is 30.3 Å². The lowest BCUT2D eigenvalue weighted by atomic mass is 10.4. The van der Waals surface area contributed by atoms with E-state index in [-0.39, 0.29) is 5.88 Å². The molecule has 2 aromatic heterocycles. The van der Waals surface area contributed by atoms with Crippen LogP contribution in [0.4, 0.5) is 4.39 Å². The number of hydrogen-bond donors (Lipinski definition) is 0. The molecule has 0 radical (unpaired) electrons. The molecule has 0 fully saturated rings. The Morgan fingerprint density at radius 1 is 1.29 bits per heavy atom. The van der Waals surface area contributed by atoms with Crippen LogP contribution in [0.2, 0.25) is 0 Å². The third-order valence-electron chi connectivity index (χ3n) is 1.62. The highest BCUT2D eigenvalue weighted by atomic mass is 19.1. The van der Waals surface area contributed by atoms with Crippen molar-refractivity contribution in [1.82, 2.24) is 20.0 Å². The molecule has 0 aliphatic carbocycles. The monoisotopic (exact) mass is 194 g/mol. The van der Waals surface area contributed by atoms with E-state index in [0.717, 1.165) is 0 Å². The van der Waals surface area contributed by atoms with E-state index in [4.69, 9.17) is 4.74 Å². The van der Waals surface area contributed by atoms with Gasteiger partial charge in [-0.15, -0.1) is 4.80 Å². The largest absolute Gasteiger partial charge is 0.479 e. The highest BCUT2D eigenvalue weighted by Gasteiger charge is 2.06. The summed E-state index contributed by atoms with van der Waals surface area (Å²) in [5.41, 5.74) is 0. The molecule has 0 spiro atoms. The maximum atomic E-state index is 13.0. The van der Waals surface area contributed by atoms with Gasteiger partial charge in [-0.1, -0.05) is 0 Å². The van der Waals surface area contributed by atoms with Gasteiger partial charge in [-0.3, -0.25) is 0 Å². The first-order valence-corrected chi connectivity index (χ1v) is 3.88. The SMILES string of the molecule is COc1nc(-n2nccn2)ccc1F. The van der Waals surface area contributed by atoms with E-state index in [1.165, 1.54) is 36.4 Å². The van der Waals surface area contributed by atoms with Crippen molar-refractivity contribution in [1.29, 1.82) is 0 Å². The maximum Gasteiger partial charge on any atom is 0.252 e. The summed E-state index contributed by atoms with van der Waals surface area (Å²) in [6.07, 6.45) is 3.02. The molecule has 2 aromatic rings. The summed E-state index contributed by atoms with van der Waals surface area (Å²) in [5, 5.41) is 7.71. The summed E-state index contributed by atoms with van der Waals surface area (Å²) >= 11 is 0. The van der Waals surface area contributed by atoms with Gasteiger partial charge in [-0.05, 0) is 12.1 Å². The van der Waals surface area contributed by atoms with Crippen molar-refractivity contribution >= 4 is 0 Å². The second kappa shape index (κ2) is 3.41. The molecule has 72 valence electrons. The molecule has 2 rings (SSSR count). The van der Waals surface area contributed by atoms with E-state index in [1.807, 2.05) is 0 Å². The van der Waals surface area contributed by atoms with Crippen LogP contribution in [0.3, 0.4) is 0 Å². The van der Waals surface area contributed by atoms with Crippen LogP contribution in [0.25, 0.3) is 5.82 Å². The quantitative estimate of drug-likeness (QED) is 0.709. The minimum Gasteiger partial charge on any atom is -0.479 e. The van der Waals surface area contributed by atoms with Crippen molar-refractivity contribution < 1.29 is 9.13 Å². The number of halogens is 1. The molecule has 0 aliphatic rings. The summed E-state index contributed by atoms with van der Waals surface area (Å²) in [7, 11) is 1.35. The van der Waals surface area contributed by atoms with Crippen LogP contribution in [-0.4, -0.2) is 27.1 Å². The molecule has 6 heteroatoms. The van der Waals surface area contributed by atoms with Crippen LogP contribution in [0, 0.1) is 5.82 Å². The summed E-state index contributed by atoms with van der Waals surface area (Å²) in [4.78, 5) is 5.15. The molecule has 0 saturated heterocycles. The minimum absolute atomic E-state index is 0.0696. The van der Waals surface area contributed by atoms with Gasteiger partial charge in [0, 0.05) is 0 Å². The molecular weight excluding hydrogens is 187 g/mol. The van der Waals surface area contributed by atoms with Gasteiger partial charge in [-0.2, -0.15) is 15.2 Å². The first-order valence-electron chi connectivity index (χ1n) is 3.88. The van der Waals surface area contributed by atoms with Crippen molar-refractivity contribution in [3.63, 3.8) is 0 Å². The molecule has 0 N–H and O–H groups in total. The lowest BCUT2D eigenvalue weighted by Gasteiger charge is -2.02. The lowest BCUT2D eigenvalue weighted by molar-refractivity contribution is 0.367. The highest BCUT2D eigenvalue weighted by Crippen LogP contribution is 2.14. The molecule has 2 heterocycles. The van der Waals surface area contributed by atoms with Crippen LogP contribution >= 0.6 is 0 Å². The van der Waals surface area contributed by atoms with E-state index >= 15 is 0 Å². The summed E-state index contributed by atoms with van der Waals surface area (Å²) < 4.78 is 17.7. The number of hydrogen-bond acceptors (Lipinski definition) is 4. The fourth-order valence-electron chi connectivity index (χ4n) is 1.00. The van der Waals surface area contributed by atoms with Gasteiger partial charge in [0.25, 0.3) is 5.88 Å². The molecule has 0 unspecified atom stereocenters. The van der Waals surface area contributed by atoms with Crippen LogP contribution in [0.1, 0.15) is 0 Å². The number of methoxy groups -OCH3 is 1. The van der Waals surface area contributed by atoms with Crippen molar-refractivity contribution in [2.45, 2.75) is 0 Å². The average Bonchev–Trinajstić information content (AvgIpc) is 2.71. The number of ether oxygens (including phenoxy) is 1. The summed E-state index contributed by atoms with van der Waals surface area (Å²) in [6, 6.07) is 2.72. The molecule has 0 atom stereocenters. The van der Waals surface area contributed by atoms with Crippen LogP contribution in [0.15, 0.2) is 24.5 Å². The highest BCUT2D eigenvalue weighted by molar-refractivity contribution is 5.26. The molecule has 0 saturated carbocycles. The second-order valence-corrected chi connectivity index (χ2v) is 2.48. The van der Waals surface area contributed by atoms with Crippen LogP contribution in [0.5, 0.6) is 5.88 Å². The zero-order valence-electron chi connectivity index (χ0n) is 7.38. The molecular formula is C8H7FN4O. The standard InChI is InChI=1S/C8H7FN4O/c1-14-8-6(9)2-3-7(12-8)13-10-4-5-11-13/h2-5H,1H3. The van der Waals surface area contributed by atoms with E-state index in [0.29, 0.717) is 5.82 Å². The average molecular weight is 194 g/mol. The number of rotatable bonds is 2. The van der Waals surface area contributed by atoms with Crippen molar-refractivity contribution in [2.24, 2.45) is 0 Å². The molecule has 0 aliphatic heterocycles. The Labute approximate surface area is 79.1 Å². The van der Waals surface area contributed by atoms with E-state index in [1.54, 1.807) is 0 Å². The Morgan fingerprint density at radius 2 is 2.00 bits per heavy atom. The van der Waals surface area contributed by atoms with E-state index < -0.39 is 5.82 Å². The third kappa shape index (κ3) is 1.41. The Morgan fingerprint density at radius 3 is 2.64 bits per heavy atom. The zero-order valence-corrected chi connectivity index (χ0v) is 7.38. The first-order chi connectivity index (χ1) is 6.81. The fourth-order valence-corrected chi connectivity index (χ4v) is 1.00. The predicted octanol–water partition coefficient (Wildman–Crippen LogP) is 0.810. The van der Waals surface area contributed by atoms with Gasteiger partial charge in [0.05, 0.1) is 19.5 Å². The summed E-state index contributed by atoms with van der Waals surface area (Å²) in [6.45, 7) is 0. The minimum atomic E-state index is -0.511. The van der Waals surface area contributed by atoms with Crippen molar-refractivity contribution in [3.8, 4) is 11.7 Å². The third-order valence-corrected chi connectivity index (χ3v) is 1.62. The first kappa shape index (κ1) is 8.61. The second-order valence-electron chi connectivity index (χ2n) is 2.48. The molecule has 0 bridgehead atoms. The van der Waals surface area contributed by atoms with Gasteiger partial charge in [0.15, 0.2) is 11.6 Å². The molecule has 14 heavy (non-hydrogen) atoms. The topological polar surface area (TPSA) is 52.8 Å². The van der Waals surface area contributed by atoms with Gasteiger partial charge >= 0.3 is 0 Å². The van der Waals surface area contributed by atoms with E-state index in [9.17, 15) is 4.39 Å². The Bertz CT molecular complexity index is 429. The van der Waals surface area contributed by atoms with Gasteiger partial charge in [0.1, 0.15) is 0 Å². The molecule has 0 amide bonds. The number of pyridine rings is 1. The van der Waals surface area contributed by atoms with Gasteiger partial charge < -0.3 is 4.74 Å². The predicted molar refractivity (Wildman–Crippen MR) is 45.7 cm³/mol. The molecule has 0 aromatic carbocycles. The smallest absolute Gasteiger partial charge is 0.252 e. The maximum absolute atomic E-state index is 13.0. The number of nitrogens with zero attached hydrogens (tertiary/aromatic N) is 4. The normalized spacial score (nSPS) is 10.1. The number of aromatic nitrogens is 4. The lowest BCUT2D eigenvalue weighted by Crippen LogP contribution is -2.03. The van der Waals surface area contributed by atoms with Crippen LogP contribution < -0.4 is 4.74 Å². The van der Waals surface area contributed by atoms with E-state index in [2.05, 4.69) is 15.2 Å². The van der Waals surface area contributed by atoms with Gasteiger partial charge in [-0.25, -0.2) is 4.39 Å². The van der Waals surface area contributed by atoms with Crippen molar-refractivity contribution in [2.75, 3.05) is 7.11 Å². The Balaban J connectivity index is 2.46. The van der Waals surface area contributed by atoms with Gasteiger partial charge in [0.2, 0.25) is 0 Å². The fraction of sp³-hybridized carbons (Fsp3) is 0.125. The Hall–Kier alpha value is -1.98. The van der Waals surface area contributed by atoms with Crippen LogP contribution in [-0.2, 0) is 0 Å². The Kier molecular flexibility index (Phi) is 2.10.